The number of benzene rings is 2. The molecule has 0 aliphatic rings. The molecule has 0 aliphatic carbocycles. The van der Waals surface area contributed by atoms with E-state index >= 15 is 0 Å². The van der Waals surface area contributed by atoms with Gasteiger partial charge in [-0.05, 0) is 30.3 Å². The van der Waals surface area contributed by atoms with Gasteiger partial charge in [-0.25, -0.2) is 9.18 Å². The first kappa shape index (κ1) is 14.5. The summed E-state index contributed by atoms with van der Waals surface area (Å²) in [7, 11) is 0. The van der Waals surface area contributed by atoms with Gasteiger partial charge in [-0.3, -0.25) is 0 Å². The van der Waals surface area contributed by atoms with Crippen molar-refractivity contribution in [2.24, 2.45) is 0 Å². The molecule has 0 aromatic heterocycles. The van der Waals surface area contributed by atoms with Crippen LogP contribution in [0.5, 0.6) is 5.75 Å². The molecule has 0 aliphatic heterocycles. The zero-order valence-electron chi connectivity index (χ0n) is 11.1. The van der Waals surface area contributed by atoms with E-state index in [-0.39, 0.29) is 13.2 Å². The van der Waals surface area contributed by atoms with Gasteiger partial charge in [0.05, 0.1) is 11.6 Å². The third-order valence-electron chi connectivity index (χ3n) is 2.69. The molecule has 0 radical (unpaired) electrons. The fourth-order valence-corrected chi connectivity index (χ4v) is 1.58. The molecule has 0 saturated heterocycles. The molecule has 0 N–H and O–H groups in total. The van der Waals surface area contributed by atoms with Crippen LogP contribution in [0, 0.1) is 17.1 Å². The third kappa shape index (κ3) is 4.32. The maximum atomic E-state index is 13.3. The van der Waals surface area contributed by atoms with Gasteiger partial charge in [-0.1, -0.05) is 18.2 Å². The lowest BCUT2D eigenvalue weighted by molar-refractivity contribution is -0.147. The van der Waals surface area contributed by atoms with Crippen LogP contribution in [0.4, 0.5) is 4.39 Å². The Morgan fingerprint density at radius 3 is 2.52 bits per heavy atom. The van der Waals surface area contributed by atoms with Crippen LogP contribution in [0.1, 0.15) is 11.1 Å². The summed E-state index contributed by atoms with van der Waals surface area (Å²) in [6.45, 7) is -0.414. The molecule has 2 rings (SSSR count). The van der Waals surface area contributed by atoms with E-state index in [4.69, 9.17) is 14.7 Å². The summed E-state index contributed by atoms with van der Waals surface area (Å²) >= 11 is 0. The van der Waals surface area contributed by atoms with Gasteiger partial charge in [-0.2, -0.15) is 5.26 Å². The van der Waals surface area contributed by atoms with Gasteiger partial charge in [0.1, 0.15) is 18.2 Å². The highest BCUT2D eigenvalue weighted by molar-refractivity contribution is 5.71. The van der Waals surface area contributed by atoms with E-state index in [1.165, 1.54) is 6.07 Å². The van der Waals surface area contributed by atoms with Gasteiger partial charge in [0.2, 0.25) is 0 Å². The van der Waals surface area contributed by atoms with Crippen molar-refractivity contribution in [3.8, 4) is 11.8 Å². The number of carbonyl (C=O) groups excluding carboxylic acids is 1. The second kappa shape index (κ2) is 7.06. The molecule has 2 aromatic carbocycles. The second-order valence-electron chi connectivity index (χ2n) is 4.18. The quantitative estimate of drug-likeness (QED) is 0.793. The molecule has 21 heavy (non-hydrogen) atoms. The van der Waals surface area contributed by atoms with E-state index in [0.717, 1.165) is 0 Å². The molecule has 0 unspecified atom stereocenters. The standard InChI is InChI=1S/C16H12FNO3/c17-15-4-2-1-3-13(15)10-21-16(19)11-20-14-7-5-12(9-18)6-8-14/h1-8H,10-11H2. The third-order valence-corrected chi connectivity index (χ3v) is 2.69. The lowest BCUT2D eigenvalue weighted by Gasteiger charge is -2.07. The maximum Gasteiger partial charge on any atom is 0.344 e. The van der Waals surface area contributed by atoms with E-state index in [0.29, 0.717) is 16.9 Å². The lowest BCUT2D eigenvalue weighted by Crippen LogP contribution is -2.15. The topological polar surface area (TPSA) is 59.3 Å². The van der Waals surface area contributed by atoms with Crippen molar-refractivity contribution in [3.05, 3.63) is 65.5 Å². The minimum atomic E-state index is -0.595. The molecule has 5 heteroatoms. The number of nitriles is 1. The molecule has 0 atom stereocenters. The van der Waals surface area contributed by atoms with Crippen LogP contribution in [0.25, 0.3) is 0 Å². The Labute approximate surface area is 121 Å². The lowest BCUT2D eigenvalue weighted by atomic mass is 10.2. The first-order valence-corrected chi connectivity index (χ1v) is 6.21. The molecular formula is C16H12FNO3. The van der Waals surface area contributed by atoms with Gasteiger partial charge in [-0.15, -0.1) is 0 Å². The van der Waals surface area contributed by atoms with E-state index in [1.807, 2.05) is 6.07 Å². The molecule has 0 bridgehead atoms. The summed E-state index contributed by atoms with van der Waals surface area (Å²) in [6.07, 6.45) is 0. The predicted octanol–water partition coefficient (Wildman–Crippen LogP) is 2.82. The first-order valence-electron chi connectivity index (χ1n) is 6.21. The van der Waals surface area contributed by atoms with Crippen LogP contribution < -0.4 is 4.74 Å². The summed E-state index contributed by atoms with van der Waals surface area (Å²) < 4.78 is 23.4. The van der Waals surface area contributed by atoms with Crippen molar-refractivity contribution in [3.63, 3.8) is 0 Å². The number of halogens is 1. The predicted molar refractivity (Wildman–Crippen MR) is 72.8 cm³/mol. The zero-order chi connectivity index (χ0) is 15.1. The molecule has 0 fully saturated rings. The first-order chi connectivity index (χ1) is 10.2. The fourth-order valence-electron chi connectivity index (χ4n) is 1.58. The highest BCUT2D eigenvalue weighted by Crippen LogP contribution is 2.12. The van der Waals surface area contributed by atoms with Crippen LogP contribution in [0.15, 0.2) is 48.5 Å². The zero-order valence-corrected chi connectivity index (χ0v) is 11.1. The highest BCUT2D eigenvalue weighted by atomic mass is 19.1. The molecule has 106 valence electrons. The number of rotatable bonds is 5. The van der Waals surface area contributed by atoms with Crippen molar-refractivity contribution in [2.45, 2.75) is 6.61 Å². The van der Waals surface area contributed by atoms with Crippen LogP contribution in [0.2, 0.25) is 0 Å². The minimum Gasteiger partial charge on any atom is -0.482 e. The van der Waals surface area contributed by atoms with E-state index in [2.05, 4.69) is 0 Å². The fraction of sp³-hybridized carbons (Fsp3) is 0.125. The summed E-state index contributed by atoms with van der Waals surface area (Å²) in [5.41, 5.74) is 0.814. The van der Waals surface area contributed by atoms with Gasteiger partial charge >= 0.3 is 5.97 Å². The Morgan fingerprint density at radius 2 is 1.86 bits per heavy atom. The molecular weight excluding hydrogens is 273 g/mol. The summed E-state index contributed by atoms with van der Waals surface area (Å²) in [6, 6.07) is 14.4. The Morgan fingerprint density at radius 1 is 1.14 bits per heavy atom. The SMILES string of the molecule is N#Cc1ccc(OCC(=O)OCc2ccccc2F)cc1. The Hall–Kier alpha value is -2.87. The molecule has 0 spiro atoms. The average molecular weight is 285 g/mol. The van der Waals surface area contributed by atoms with Crippen LogP contribution in [-0.2, 0) is 16.1 Å². The Bertz CT molecular complexity index is 662. The summed E-state index contributed by atoms with van der Waals surface area (Å²) in [5.74, 6) is -0.558. The van der Waals surface area contributed by atoms with Gasteiger partial charge in [0.25, 0.3) is 0 Å². The second-order valence-corrected chi connectivity index (χ2v) is 4.18. The van der Waals surface area contributed by atoms with Gasteiger partial charge < -0.3 is 9.47 Å². The summed E-state index contributed by atoms with van der Waals surface area (Å²) in [5, 5.41) is 8.65. The highest BCUT2D eigenvalue weighted by Gasteiger charge is 2.07. The number of hydrogen-bond acceptors (Lipinski definition) is 4. The van der Waals surface area contributed by atoms with Crippen LogP contribution in [-0.4, -0.2) is 12.6 Å². The van der Waals surface area contributed by atoms with Gasteiger partial charge in [0.15, 0.2) is 6.61 Å². The number of nitrogens with zero attached hydrogens (tertiary/aromatic N) is 1. The van der Waals surface area contributed by atoms with E-state index < -0.39 is 11.8 Å². The van der Waals surface area contributed by atoms with Crippen molar-refractivity contribution in [1.82, 2.24) is 0 Å². The van der Waals surface area contributed by atoms with Gasteiger partial charge in [0, 0.05) is 5.56 Å². The van der Waals surface area contributed by atoms with Crippen molar-refractivity contribution >= 4 is 5.97 Å². The van der Waals surface area contributed by atoms with Crippen molar-refractivity contribution in [2.75, 3.05) is 6.61 Å². The Kier molecular flexibility index (Phi) is 4.89. The normalized spacial score (nSPS) is 9.71. The average Bonchev–Trinajstić information content (AvgIpc) is 2.52. The minimum absolute atomic E-state index is 0.137. The Balaban J connectivity index is 1.79. The number of ether oxygens (including phenoxy) is 2. The smallest absolute Gasteiger partial charge is 0.344 e. The number of carbonyl (C=O) groups is 1. The van der Waals surface area contributed by atoms with E-state index in [1.54, 1.807) is 42.5 Å². The largest absolute Gasteiger partial charge is 0.482 e. The van der Waals surface area contributed by atoms with Crippen molar-refractivity contribution < 1.29 is 18.7 Å². The number of hydrogen-bond donors (Lipinski definition) is 0. The van der Waals surface area contributed by atoms with E-state index in [9.17, 15) is 9.18 Å². The monoisotopic (exact) mass is 285 g/mol. The molecule has 0 heterocycles. The summed E-state index contributed by atoms with van der Waals surface area (Å²) in [4.78, 5) is 11.5. The van der Waals surface area contributed by atoms with Crippen LogP contribution >= 0.6 is 0 Å². The molecule has 0 saturated carbocycles. The molecule has 0 amide bonds. The van der Waals surface area contributed by atoms with Crippen LogP contribution in [0.3, 0.4) is 0 Å². The van der Waals surface area contributed by atoms with Crippen molar-refractivity contribution in [1.29, 1.82) is 5.26 Å². The maximum absolute atomic E-state index is 13.3. The molecule has 4 nitrogen and oxygen atoms in total. The number of esters is 1. The molecule has 2 aromatic rings.